The number of carbonyl (C=O) groups is 1. The van der Waals surface area contributed by atoms with Crippen LogP contribution in [0.25, 0.3) is 0 Å². The van der Waals surface area contributed by atoms with Crippen LogP contribution in [0.1, 0.15) is 23.7 Å². The third-order valence-corrected chi connectivity index (χ3v) is 3.79. The van der Waals surface area contributed by atoms with Crippen molar-refractivity contribution in [2.45, 2.75) is 13.3 Å². The molecule has 0 N–H and O–H groups in total. The largest absolute Gasteiger partial charge is 0.494 e. The molecule has 0 unspecified atom stereocenters. The van der Waals surface area contributed by atoms with Gasteiger partial charge in [-0.25, -0.2) is 0 Å². The Labute approximate surface area is 133 Å². The maximum Gasteiger partial charge on any atom is 0.150 e. The van der Waals surface area contributed by atoms with Crippen LogP contribution >= 0.6 is 12.4 Å². The highest BCUT2D eigenvalue weighted by atomic mass is 35.5. The van der Waals surface area contributed by atoms with Gasteiger partial charge in [0.2, 0.25) is 0 Å². The number of ether oxygens (including phenoxy) is 1. The quantitative estimate of drug-likeness (QED) is 0.571. The highest BCUT2D eigenvalue weighted by Gasteiger charge is 2.14. The zero-order valence-corrected chi connectivity index (χ0v) is 13.5. The van der Waals surface area contributed by atoms with Crippen LogP contribution in [-0.2, 0) is 0 Å². The van der Waals surface area contributed by atoms with E-state index in [-0.39, 0.29) is 12.4 Å². The summed E-state index contributed by atoms with van der Waals surface area (Å²) < 4.78 is 5.69. The number of nitrogens with zero attached hydrogens (tertiary/aromatic N) is 2. The smallest absolute Gasteiger partial charge is 0.150 e. The van der Waals surface area contributed by atoms with Crippen molar-refractivity contribution in [2.24, 2.45) is 0 Å². The van der Waals surface area contributed by atoms with Crippen molar-refractivity contribution < 1.29 is 9.53 Å². The molecular weight excluding hydrogens is 288 g/mol. The highest BCUT2D eigenvalue weighted by Crippen LogP contribution is 2.12. The fraction of sp³-hybridized carbons (Fsp3) is 0.562. The number of rotatable bonds is 7. The first-order valence-corrected chi connectivity index (χ1v) is 7.44. The van der Waals surface area contributed by atoms with E-state index in [9.17, 15) is 4.79 Å². The van der Waals surface area contributed by atoms with Crippen LogP contribution < -0.4 is 4.74 Å². The fourth-order valence-corrected chi connectivity index (χ4v) is 2.48. The average Bonchev–Trinajstić information content (AvgIpc) is 2.52. The third kappa shape index (κ3) is 6.04. The Hall–Kier alpha value is -1.10. The Balaban J connectivity index is 0.00000220. The molecule has 1 aliphatic rings. The van der Waals surface area contributed by atoms with Gasteiger partial charge in [-0.15, -0.1) is 12.4 Å². The zero-order chi connectivity index (χ0) is 14.2. The van der Waals surface area contributed by atoms with Gasteiger partial charge in [0.15, 0.2) is 0 Å². The van der Waals surface area contributed by atoms with Crippen molar-refractivity contribution in [1.82, 2.24) is 9.80 Å². The van der Waals surface area contributed by atoms with Crippen molar-refractivity contribution in [2.75, 3.05) is 45.9 Å². The summed E-state index contributed by atoms with van der Waals surface area (Å²) in [5.74, 6) is 0.783. The first kappa shape index (κ1) is 18.0. The van der Waals surface area contributed by atoms with Gasteiger partial charge in [0.25, 0.3) is 0 Å². The molecule has 1 fully saturated rings. The van der Waals surface area contributed by atoms with Gasteiger partial charge >= 0.3 is 0 Å². The van der Waals surface area contributed by atoms with Gasteiger partial charge in [0.1, 0.15) is 12.0 Å². The van der Waals surface area contributed by atoms with Gasteiger partial charge in [-0.1, -0.05) is 19.1 Å². The topological polar surface area (TPSA) is 32.8 Å². The standard InChI is InChI=1S/C16H24N2O2.ClH/c1-2-17-8-10-18(11-9-17)7-4-12-20-16-6-3-5-15(13-16)14-19;/h3,5-6,13-14H,2,4,7-12H2,1H3;1H. The maximum absolute atomic E-state index is 10.7. The van der Waals surface area contributed by atoms with Gasteiger partial charge in [0.05, 0.1) is 6.61 Å². The molecule has 1 aromatic rings. The summed E-state index contributed by atoms with van der Waals surface area (Å²) >= 11 is 0. The van der Waals surface area contributed by atoms with Gasteiger partial charge in [-0.3, -0.25) is 4.79 Å². The van der Waals surface area contributed by atoms with Gasteiger partial charge in [-0.05, 0) is 25.1 Å². The molecule has 0 bridgehead atoms. The number of halogens is 1. The number of carbonyl (C=O) groups excluding carboxylic acids is 1. The van der Waals surface area contributed by atoms with E-state index in [1.165, 1.54) is 13.1 Å². The molecule has 0 saturated carbocycles. The predicted molar refractivity (Wildman–Crippen MR) is 87.7 cm³/mol. The van der Waals surface area contributed by atoms with Crippen molar-refractivity contribution in [1.29, 1.82) is 0 Å². The van der Waals surface area contributed by atoms with E-state index in [0.29, 0.717) is 12.2 Å². The molecule has 5 heteroatoms. The molecule has 4 nitrogen and oxygen atoms in total. The number of benzene rings is 1. The third-order valence-electron chi connectivity index (χ3n) is 3.79. The first-order chi connectivity index (χ1) is 9.81. The van der Waals surface area contributed by atoms with Crippen LogP contribution in [0.15, 0.2) is 24.3 Å². The van der Waals surface area contributed by atoms with Crippen LogP contribution in [0.2, 0.25) is 0 Å². The number of piperazine rings is 1. The molecule has 1 aromatic carbocycles. The number of hydrogen-bond donors (Lipinski definition) is 0. The fourth-order valence-electron chi connectivity index (χ4n) is 2.48. The van der Waals surface area contributed by atoms with Crippen LogP contribution in [-0.4, -0.2) is 62.0 Å². The van der Waals surface area contributed by atoms with Gasteiger partial charge < -0.3 is 14.5 Å². The second kappa shape index (κ2) is 9.77. The molecule has 0 atom stereocenters. The molecular formula is C16H25ClN2O2. The molecule has 0 radical (unpaired) electrons. The first-order valence-electron chi connectivity index (χ1n) is 7.44. The molecule has 1 saturated heterocycles. The summed E-state index contributed by atoms with van der Waals surface area (Å²) in [5, 5.41) is 0. The molecule has 0 aliphatic carbocycles. The summed E-state index contributed by atoms with van der Waals surface area (Å²) in [6, 6.07) is 7.32. The Bertz CT molecular complexity index is 420. The van der Waals surface area contributed by atoms with Crippen molar-refractivity contribution in [3.63, 3.8) is 0 Å². The molecule has 0 spiro atoms. The number of hydrogen-bond acceptors (Lipinski definition) is 4. The van der Waals surface area contributed by atoms with Crippen LogP contribution in [0, 0.1) is 0 Å². The van der Waals surface area contributed by atoms with Crippen molar-refractivity contribution in [3.05, 3.63) is 29.8 Å². The molecule has 118 valence electrons. The van der Waals surface area contributed by atoms with Gasteiger partial charge in [0, 0.05) is 38.3 Å². The lowest BCUT2D eigenvalue weighted by Crippen LogP contribution is -2.46. The van der Waals surface area contributed by atoms with E-state index in [1.54, 1.807) is 12.1 Å². The van der Waals surface area contributed by atoms with E-state index in [4.69, 9.17) is 4.74 Å². The van der Waals surface area contributed by atoms with Crippen molar-refractivity contribution >= 4 is 18.7 Å². The molecule has 1 aliphatic heterocycles. The SMILES string of the molecule is CCN1CCN(CCCOc2cccc(C=O)c2)CC1.Cl. The van der Waals surface area contributed by atoms with Crippen LogP contribution in [0.3, 0.4) is 0 Å². The number of aldehydes is 1. The van der Waals surface area contributed by atoms with Gasteiger partial charge in [-0.2, -0.15) is 0 Å². The minimum absolute atomic E-state index is 0. The lowest BCUT2D eigenvalue weighted by Gasteiger charge is -2.33. The van der Waals surface area contributed by atoms with E-state index < -0.39 is 0 Å². The van der Waals surface area contributed by atoms with E-state index in [2.05, 4.69) is 16.7 Å². The average molecular weight is 313 g/mol. The minimum atomic E-state index is 0. The van der Waals surface area contributed by atoms with E-state index in [1.807, 2.05) is 12.1 Å². The summed E-state index contributed by atoms with van der Waals surface area (Å²) in [4.78, 5) is 15.7. The summed E-state index contributed by atoms with van der Waals surface area (Å²) in [5.41, 5.74) is 0.665. The summed E-state index contributed by atoms with van der Waals surface area (Å²) in [6.45, 7) is 9.85. The van der Waals surface area contributed by atoms with Crippen LogP contribution in [0.4, 0.5) is 0 Å². The monoisotopic (exact) mass is 312 g/mol. The predicted octanol–water partition coefficient (Wildman–Crippen LogP) is 2.33. The molecule has 0 amide bonds. The van der Waals surface area contributed by atoms with E-state index in [0.717, 1.165) is 44.6 Å². The Morgan fingerprint density at radius 2 is 1.90 bits per heavy atom. The molecule has 2 rings (SSSR count). The zero-order valence-electron chi connectivity index (χ0n) is 12.7. The summed E-state index contributed by atoms with van der Waals surface area (Å²) in [7, 11) is 0. The summed E-state index contributed by atoms with van der Waals surface area (Å²) in [6.07, 6.45) is 1.87. The lowest BCUT2D eigenvalue weighted by atomic mass is 10.2. The lowest BCUT2D eigenvalue weighted by molar-refractivity contribution is 0.112. The molecule has 1 heterocycles. The normalized spacial score (nSPS) is 16.2. The second-order valence-electron chi connectivity index (χ2n) is 5.17. The highest BCUT2D eigenvalue weighted by molar-refractivity contribution is 5.85. The molecule has 21 heavy (non-hydrogen) atoms. The van der Waals surface area contributed by atoms with Crippen molar-refractivity contribution in [3.8, 4) is 5.75 Å². The maximum atomic E-state index is 10.7. The second-order valence-corrected chi connectivity index (χ2v) is 5.17. The molecule has 0 aromatic heterocycles. The Morgan fingerprint density at radius 1 is 1.19 bits per heavy atom. The number of likely N-dealkylation sites (N-methyl/N-ethyl adjacent to an activating group) is 1. The Kier molecular flexibility index (Phi) is 8.35. The Morgan fingerprint density at radius 3 is 2.57 bits per heavy atom. The van der Waals surface area contributed by atoms with Crippen LogP contribution in [0.5, 0.6) is 5.75 Å². The van der Waals surface area contributed by atoms with E-state index >= 15 is 0 Å². The minimum Gasteiger partial charge on any atom is -0.494 e.